The summed E-state index contributed by atoms with van der Waals surface area (Å²) in [4.78, 5) is 0. The molecule has 0 aliphatic heterocycles. The van der Waals surface area contributed by atoms with E-state index >= 15 is 0 Å². The number of hydrogen-bond acceptors (Lipinski definition) is 4. The van der Waals surface area contributed by atoms with Crippen LogP contribution in [0.3, 0.4) is 0 Å². The molecule has 1 aromatic rings. The summed E-state index contributed by atoms with van der Waals surface area (Å²) in [5.41, 5.74) is 0.554. The molecule has 0 spiro atoms. The molecule has 0 aromatic heterocycles. The third kappa shape index (κ3) is 6.16. The van der Waals surface area contributed by atoms with E-state index in [1.54, 1.807) is 6.07 Å². The molecule has 19 heavy (non-hydrogen) atoms. The summed E-state index contributed by atoms with van der Waals surface area (Å²) in [5.74, 6) is -0.637. The molecule has 0 aliphatic rings. The van der Waals surface area contributed by atoms with Gasteiger partial charge in [-0.25, -0.2) is 4.39 Å². The molecule has 1 aromatic carbocycles. The highest BCUT2D eigenvalue weighted by atomic mass is 19.1. The van der Waals surface area contributed by atoms with Gasteiger partial charge in [0.05, 0.1) is 19.8 Å². The molecule has 0 saturated heterocycles. The van der Waals surface area contributed by atoms with Gasteiger partial charge in [0, 0.05) is 12.1 Å². The topological polar surface area (TPSA) is 58.9 Å². The smallest absolute Gasteiger partial charge is 0.423 e. The molecule has 0 bridgehead atoms. The summed E-state index contributed by atoms with van der Waals surface area (Å²) >= 11 is 0. The maximum atomic E-state index is 13.2. The summed E-state index contributed by atoms with van der Waals surface area (Å²) < 4.78 is 23.9. The van der Waals surface area contributed by atoms with E-state index in [0.717, 1.165) is 19.4 Å². The van der Waals surface area contributed by atoms with Gasteiger partial charge < -0.3 is 19.5 Å². The summed E-state index contributed by atoms with van der Waals surface area (Å²) in [6.07, 6.45) is 2.14. The van der Waals surface area contributed by atoms with Crippen molar-refractivity contribution in [3.05, 3.63) is 29.6 Å². The molecule has 4 nitrogen and oxygen atoms in total. The second kappa shape index (κ2) is 9.04. The van der Waals surface area contributed by atoms with Crippen molar-refractivity contribution in [3.63, 3.8) is 0 Å². The Bertz CT molecular complexity index is 374. The molecule has 6 heteroatoms. The second-order valence-electron chi connectivity index (χ2n) is 4.25. The molecule has 0 fully saturated rings. The van der Waals surface area contributed by atoms with Gasteiger partial charge in [-0.15, -0.1) is 0 Å². The lowest BCUT2D eigenvalue weighted by molar-refractivity contribution is 0.0397. The van der Waals surface area contributed by atoms with Crippen molar-refractivity contribution in [2.45, 2.75) is 26.4 Å². The highest BCUT2D eigenvalue weighted by molar-refractivity contribution is 6.58. The van der Waals surface area contributed by atoms with E-state index < -0.39 is 12.9 Å². The number of halogens is 1. The molecule has 0 amide bonds. The highest BCUT2D eigenvalue weighted by Crippen LogP contribution is 2.03. The molecule has 1 rings (SSSR count). The zero-order valence-corrected chi connectivity index (χ0v) is 11.1. The quantitative estimate of drug-likeness (QED) is 0.515. The van der Waals surface area contributed by atoms with E-state index in [0.29, 0.717) is 18.8 Å². The van der Waals surface area contributed by atoms with E-state index in [1.807, 2.05) is 0 Å². The third-order valence-electron chi connectivity index (χ3n) is 2.62. The minimum absolute atomic E-state index is 0.139. The van der Waals surface area contributed by atoms with Crippen LogP contribution in [-0.4, -0.2) is 37.0 Å². The lowest BCUT2D eigenvalue weighted by Crippen LogP contribution is -2.33. The van der Waals surface area contributed by atoms with Crippen molar-refractivity contribution in [3.8, 4) is 0 Å². The summed E-state index contributed by atoms with van der Waals surface area (Å²) in [5, 5.41) is 18.0. The monoisotopic (exact) mass is 270 g/mol. The Hall–Kier alpha value is -0.945. The first-order valence-electron chi connectivity index (χ1n) is 6.45. The molecule has 0 saturated carbocycles. The van der Waals surface area contributed by atoms with Gasteiger partial charge in [0.2, 0.25) is 0 Å². The summed E-state index contributed by atoms with van der Waals surface area (Å²) in [6, 6.07) is 4.14. The summed E-state index contributed by atoms with van der Waals surface area (Å²) in [7, 11) is -1.81. The first-order valence-corrected chi connectivity index (χ1v) is 6.45. The van der Waals surface area contributed by atoms with E-state index in [4.69, 9.17) is 19.5 Å². The Kier molecular flexibility index (Phi) is 7.66. The molecule has 106 valence electrons. The standard InChI is InChI=1S/C13H20BFO4/c1-2-3-6-18-7-8-19-10-11-4-5-13(15)12(9-11)14(16)17/h4-5,9,16-17H,2-3,6-8,10H2,1H3. The van der Waals surface area contributed by atoms with E-state index in [-0.39, 0.29) is 12.1 Å². The molecule has 0 heterocycles. The first kappa shape index (κ1) is 16.1. The highest BCUT2D eigenvalue weighted by Gasteiger charge is 2.16. The fourth-order valence-corrected chi connectivity index (χ4v) is 1.54. The molecule has 0 radical (unpaired) electrons. The number of unbranched alkanes of at least 4 members (excludes halogenated alkanes) is 1. The van der Waals surface area contributed by atoms with Crippen LogP contribution in [0.4, 0.5) is 4.39 Å². The Balaban J connectivity index is 2.28. The van der Waals surface area contributed by atoms with Crippen molar-refractivity contribution in [2.75, 3.05) is 19.8 Å². The average molecular weight is 270 g/mol. The number of hydrogen-bond donors (Lipinski definition) is 2. The predicted octanol–water partition coefficient (Wildman–Crippen LogP) is 0.839. The van der Waals surface area contributed by atoms with Gasteiger partial charge in [-0.3, -0.25) is 0 Å². The van der Waals surface area contributed by atoms with Crippen LogP contribution in [0.5, 0.6) is 0 Å². The van der Waals surface area contributed by atoms with Crippen LogP contribution in [-0.2, 0) is 16.1 Å². The van der Waals surface area contributed by atoms with E-state index in [9.17, 15) is 4.39 Å². The second-order valence-corrected chi connectivity index (χ2v) is 4.25. The van der Waals surface area contributed by atoms with Crippen molar-refractivity contribution >= 4 is 12.6 Å². The molecular formula is C13H20BFO4. The van der Waals surface area contributed by atoms with Gasteiger partial charge in [0.25, 0.3) is 0 Å². The Labute approximate surface area is 113 Å². The van der Waals surface area contributed by atoms with Gasteiger partial charge in [-0.2, -0.15) is 0 Å². The van der Waals surface area contributed by atoms with Gasteiger partial charge in [-0.05, 0) is 18.1 Å². The van der Waals surface area contributed by atoms with Crippen LogP contribution < -0.4 is 5.46 Å². The van der Waals surface area contributed by atoms with Crippen LogP contribution in [0.15, 0.2) is 18.2 Å². The normalized spacial score (nSPS) is 10.7. The van der Waals surface area contributed by atoms with Crippen molar-refractivity contribution in [1.82, 2.24) is 0 Å². The van der Waals surface area contributed by atoms with Gasteiger partial charge >= 0.3 is 7.12 Å². The lowest BCUT2D eigenvalue weighted by Gasteiger charge is -2.08. The zero-order valence-electron chi connectivity index (χ0n) is 11.1. The minimum Gasteiger partial charge on any atom is -0.423 e. The maximum Gasteiger partial charge on any atom is 0.491 e. The first-order chi connectivity index (χ1) is 9.15. The minimum atomic E-state index is -1.81. The molecule has 2 N–H and O–H groups in total. The Morgan fingerprint density at radius 1 is 1.16 bits per heavy atom. The number of ether oxygens (including phenoxy) is 2. The van der Waals surface area contributed by atoms with Crippen LogP contribution >= 0.6 is 0 Å². The maximum absolute atomic E-state index is 13.2. The Morgan fingerprint density at radius 2 is 1.89 bits per heavy atom. The zero-order chi connectivity index (χ0) is 14.1. The lowest BCUT2D eigenvalue weighted by atomic mass is 9.79. The average Bonchev–Trinajstić information content (AvgIpc) is 2.39. The molecule has 0 unspecified atom stereocenters. The van der Waals surface area contributed by atoms with Crippen LogP contribution in [0.2, 0.25) is 0 Å². The van der Waals surface area contributed by atoms with Crippen molar-refractivity contribution in [1.29, 1.82) is 0 Å². The molecular weight excluding hydrogens is 250 g/mol. The molecule has 0 aliphatic carbocycles. The van der Waals surface area contributed by atoms with Gasteiger partial charge in [0.15, 0.2) is 0 Å². The van der Waals surface area contributed by atoms with Crippen molar-refractivity contribution < 1.29 is 23.9 Å². The summed E-state index contributed by atoms with van der Waals surface area (Å²) in [6.45, 7) is 4.10. The predicted molar refractivity (Wildman–Crippen MR) is 71.6 cm³/mol. The SMILES string of the molecule is CCCCOCCOCc1ccc(F)c(B(O)O)c1. The third-order valence-corrected chi connectivity index (χ3v) is 2.62. The number of benzene rings is 1. The molecule has 0 atom stereocenters. The van der Waals surface area contributed by atoms with Crippen LogP contribution in [0, 0.1) is 5.82 Å². The van der Waals surface area contributed by atoms with E-state index in [2.05, 4.69) is 6.92 Å². The van der Waals surface area contributed by atoms with Crippen molar-refractivity contribution in [2.24, 2.45) is 0 Å². The van der Waals surface area contributed by atoms with Crippen LogP contribution in [0.25, 0.3) is 0 Å². The fraction of sp³-hybridized carbons (Fsp3) is 0.538. The van der Waals surface area contributed by atoms with Gasteiger partial charge in [0.1, 0.15) is 5.82 Å². The van der Waals surface area contributed by atoms with E-state index in [1.165, 1.54) is 12.1 Å². The fourth-order valence-electron chi connectivity index (χ4n) is 1.54. The number of rotatable bonds is 9. The van der Waals surface area contributed by atoms with Crippen LogP contribution in [0.1, 0.15) is 25.3 Å². The van der Waals surface area contributed by atoms with Gasteiger partial charge in [-0.1, -0.05) is 25.5 Å². The largest absolute Gasteiger partial charge is 0.491 e. The Morgan fingerprint density at radius 3 is 2.58 bits per heavy atom.